The second-order valence-corrected chi connectivity index (χ2v) is 5.29. The average Bonchev–Trinajstić information content (AvgIpc) is 3.22. The van der Waals surface area contributed by atoms with Gasteiger partial charge in [0.05, 0.1) is 19.8 Å². The van der Waals surface area contributed by atoms with E-state index in [1.54, 1.807) is 30.3 Å². The van der Waals surface area contributed by atoms with Gasteiger partial charge in [-0.15, -0.1) is 5.10 Å². The van der Waals surface area contributed by atoms with Crippen molar-refractivity contribution in [1.29, 1.82) is 0 Å². The van der Waals surface area contributed by atoms with E-state index in [4.69, 9.17) is 18.3 Å². The third kappa shape index (κ3) is 3.11. The van der Waals surface area contributed by atoms with Gasteiger partial charge in [-0.1, -0.05) is 11.2 Å². The van der Waals surface area contributed by atoms with Crippen molar-refractivity contribution in [3.8, 4) is 23.1 Å². The minimum Gasteiger partial charge on any atom is -0.493 e. The van der Waals surface area contributed by atoms with Crippen LogP contribution in [-0.2, 0) is 0 Å². The van der Waals surface area contributed by atoms with Crippen LogP contribution in [0.3, 0.4) is 0 Å². The highest BCUT2D eigenvalue weighted by atomic mass is 79.9. The summed E-state index contributed by atoms with van der Waals surface area (Å²) in [6, 6.07) is 8.25. The van der Waals surface area contributed by atoms with E-state index in [9.17, 15) is 4.79 Å². The molecule has 1 N–H and O–H groups in total. The highest BCUT2D eigenvalue weighted by molar-refractivity contribution is 9.10. The minimum atomic E-state index is -0.471. The Morgan fingerprint density at radius 1 is 1.12 bits per heavy atom. The lowest BCUT2D eigenvalue weighted by molar-refractivity contribution is 0.102. The molecular formula is C15H12BrN3O5. The quantitative estimate of drug-likeness (QED) is 0.708. The first-order valence-electron chi connectivity index (χ1n) is 6.74. The van der Waals surface area contributed by atoms with Gasteiger partial charge < -0.3 is 18.3 Å². The molecule has 1 aromatic carbocycles. The first-order chi connectivity index (χ1) is 11.6. The molecule has 0 spiro atoms. The van der Waals surface area contributed by atoms with Crippen molar-refractivity contribution in [2.45, 2.75) is 0 Å². The van der Waals surface area contributed by atoms with Crippen LogP contribution in [0.2, 0.25) is 0 Å². The summed E-state index contributed by atoms with van der Waals surface area (Å²) in [5, 5.41) is 10.1. The Bertz CT molecular complexity index is 874. The largest absolute Gasteiger partial charge is 0.493 e. The molecule has 1 amide bonds. The van der Waals surface area contributed by atoms with Gasteiger partial charge in [0.15, 0.2) is 21.9 Å². The van der Waals surface area contributed by atoms with E-state index in [1.165, 1.54) is 14.2 Å². The fourth-order valence-electron chi connectivity index (χ4n) is 2.03. The van der Waals surface area contributed by atoms with Crippen molar-refractivity contribution >= 4 is 27.9 Å². The highest BCUT2D eigenvalue weighted by Gasteiger charge is 2.19. The number of anilines is 1. The Labute approximate surface area is 144 Å². The maximum atomic E-state index is 12.4. The molecule has 0 aliphatic rings. The van der Waals surface area contributed by atoms with Crippen molar-refractivity contribution in [2.24, 2.45) is 0 Å². The van der Waals surface area contributed by atoms with Gasteiger partial charge in [0.2, 0.25) is 0 Å². The fraction of sp³-hybridized carbons (Fsp3) is 0.133. The van der Waals surface area contributed by atoms with Crippen LogP contribution in [0, 0.1) is 0 Å². The fourth-order valence-corrected chi connectivity index (χ4v) is 2.34. The lowest BCUT2D eigenvalue weighted by atomic mass is 10.1. The second kappa shape index (κ2) is 6.75. The van der Waals surface area contributed by atoms with Crippen LogP contribution in [-0.4, -0.2) is 30.3 Å². The normalized spacial score (nSPS) is 10.5. The first-order valence-corrected chi connectivity index (χ1v) is 7.53. The van der Waals surface area contributed by atoms with Gasteiger partial charge in [-0.25, -0.2) is 0 Å². The van der Waals surface area contributed by atoms with E-state index in [0.717, 1.165) is 0 Å². The number of hydrogen-bond donors (Lipinski definition) is 1. The van der Waals surface area contributed by atoms with Gasteiger partial charge in [0, 0.05) is 0 Å². The molecule has 8 nitrogen and oxygen atoms in total. The lowest BCUT2D eigenvalue weighted by Gasteiger charge is -2.11. The van der Waals surface area contributed by atoms with Crippen LogP contribution in [0.5, 0.6) is 11.5 Å². The maximum Gasteiger partial charge on any atom is 0.322 e. The van der Waals surface area contributed by atoms with Crippen molar-refractivity contribution in [3.05, 3.63) is 40.6 Å². The lowest BCUT2D eigenvalue weighted by Crippen LogP contribution is -2.13. The summed E-state index contributed by atoms with van der Waals surface area (Å²) >= 11 is 3.18. The molecule has 0 saturated heterocycles. The molecule has 0 fully saturated rings. The van der Waals surface area contributed by atoms with E-state index >= 15 is 0 Å². The van der Waals surface area contributed by atoms with Crippen molar-refractivity contribution < 1.29 is 23.1 Å². The minimum absolute atomic E-state index is 0.0626. The zero-order valence-corrected chi connectivity index (χ0v) is 14.3. The number of ether oxygens (including phenoxy) is 2. The van der Waals surface area contributed by atoms with Crippen LogP contribution in [0.25, 0.3) is 11.7 Å². The Hall–Kier alpha value is -2.81. The van der Waals surface area contributed by atoms with Gasteiger partial charge in [-0.05, 0) is 40.2 Å². The number of furan rings is 1. The summed E-state index contributed by atoms with van der Waals surface area (Å²) in [6.45, 7) is 0. The summed E-state index contributed by atoms with van der Waals surface area (Å²) in [5.41, 5.74) is 0.275. The predicted octanol–water partition coefficient (Wildman–Crippen LogP) is 3.36. The number of amides is 1. The molecule has 2 heterocycles. The molecule has 0 aliphatic carbocycles. The standard InChI is InChI=1S/C15H12BrN3O5/c1-21-9-5-3-4-8(12(9)22-2)13(20)17-15-19-18-14(24-15)10-6-7-11(16)23-10/h3-7H,1-2H3,(H,17,19,20). The summed E-state index contributed by atoms with van der Waals surface area (Å²) in [7, 11) is 2.94. The molecule has 0 atom stereocenters. The van der Waals surface area contributed by atoms with Crippen LogP contribution >= 0.6 is 15.9 Å². The second-order valence-electron chi connectivity index (χ2n) is 4.51. The zero-order chi connectivity index (χ0) is 17.1. The predicted molar refractivity (Wildman–Crippen MR) is 87.2 cm³/mol. The Kier molecular flexibility index (Phi) is 4.52. The summed E-state index contributed by atoms with van der Waals surface area (Å²) < 4.78 is 21.6. The van der Waals surface area contributed by atoms with Crippen LogP contribution in [0.1, 0.15) is 10.4 Å². The molecule has 0 saturated carbocycles. The van der Waals surface area contributed by atoms with Gasteiger partial charge in [0.1, 0.15) is 0 Å². The van der Waals surface area contributed by atoms with E-state index in [2.05, 4.69) is 31.4 Å². The highest BCUT2D eigenvalue weighted by Crippen LogP contribution is 2.31. The summed E-state index contributed by atoms with van der Waals surface area (Å²) in [5.74, 6) is 0.813. The molecule has 24 heavy (non-hydrogen) atoms. The van der Waals surface area contributed by atoms with Gasteiger partial charge in [-0.3, -0.25) is 10.1 Å². The van der Waals surface area contributed by atoms with Crippen LogP contribution < -0.4 is 14.8 Å². The average molecular weight is 394 g/mol. The van der Waals surface area contributed by atoms with E-state index in [-0.39, 0.29) is 17.5 Å². The molecule has 0 radical (unpaired) electrons. The third-order valence-corrected chi connectivity index (χ3v) is 3.50. The molecular weight excluding hydrogens is 382 g/mol. The molecule has 0 aliphatic heterocycles. The number of rotatable bonds is 5. The van der Waals surface area contributed by atoms with Crippen molar-refractivity contribution in [3.63, 3.8) is 0 Å². The number of carbonyl (C=O) groups is 1. The molecule has 0 unspecified atom stereocenters. The maximum absolute atomic E-state index is 12.4. The number of aromatic nitrogens is 2. The molecule has 3 aromatic rings. The topological polar surface area (TPSA) is 99.6 Å². The zero-order valence-electron chi connectivity index (χ0n) is 12.7. The van der Waals surface area contributed by atoms with Crippen molar-refractivity contribution in [2.75, 3.05) is 19.5 Å². The van der Waals surface area contributed by atoms with Crippen molar-refractivity contribution in [1.82, 2.24) is 10.2 Å². The number of hydrogen-bond acceptors (Lipinski definition) is 7. The van der Waals surface area contributed by atoms with E-state index in [1.807, 2.05) is 0 Å². The van der Waals surface area contributed by atoms with Crippen LogP contribution in [0.4, 0.5) is 6.01 Å². The number of nitrogens with one attached hydrogen (secondary N) is 1. The summed E-state index contributed by atoms with van der Waals surface area (Å²) in [6.07, 6.45) is 0. The number of para-hydroxylation sites is 1. The third-order valence-electron chi connectivity index (χ3n) is 3.08. The van der Waals surface area contributed by atoms with E-state index in [0.29, 0.717) is 21.9 Å². The number of benzene rings is 1. The molecule has 9 heteroatoms. The Balaban J connectivity index is 1.82. The number of carbonyl (C=O) groups excluding carboxylic acids is 1. The molecule has 3 rings (SSSR count). The molecule has 0 bridgehead atoms. The Morgan fingerprint density at radius 2 is 1.96 bits per heavy atom. The van der Waals surface area contributed by atoms with Crippen LogP contribution in [0.15, 0.2) is 43.8 Å². The number of methoxy groups -OCH3 is 2. The van der Waals surface area contributed by atoms with E-state index < -0.39 is 5.91 Å². The van der Waals surface area contributed by atoms with Gasteiger partial charge in [-0.2, -0.15) is 0 Å². The van der Waals surface area contributed by atoms with Gasteiger partial charge >= 0.3 is 6.01 Å². The smallest absolute Gasteiger partial charge is 0.322 e. The monoisotopic (exact) mass is 393 g/mol. The molecule has 2 aromatic heterocycles. The number of nitrogens with zero attached hydrogens (tertiary/aromatic N) is 2. The Morgan fingerprint density at radius 3 is 2.62 bits per heavy atom. The summed E-state index contributed by atoms with van der Waals surface area (Å²) in [4.78, 5) is 12.4. The van der Waals surface area contributed by atoms with Gasteiger partial charge in [0.25, 0.3) is 11.8 Å². The number of halogens is 1. The first kappa shape index (κ1) is 16.1. The molecule has 124 valence electrons. The SMILES string of the molecule is COc1cccc(C(=O)Nc2nnc(-c3ccc(Br)o3)o2)c1OC.